The second-order valence-corrected chi connectivity index (χ2v) is 42.4. The number of rotatable bonds is 4. The molecule has 14 aromatic rings. The van der Waals surface area contributed by atoms with Crippen LogP contribution in [0, 0.1) is 0 Å². The van der Waals surface area contributed by atoms with Gasteiger partial charge in [-0.05, 0) is 110 Å². The fourth-order valence-corrected chi connectivity index (χ4v) is 18.5. The zero-order chi connectivity index (χ0) is 95.9. The minimum absolute atomic E-state index is 0.0797. The Labute approximate surface area is 745 Å². The molecule has 0 heterocycles. The van der Waals surface area contributed by atoms with E-state index in [-0.39, 0.29) is 117 Å². The number of aromatic hydroxyl groups is 21. The summed E-state index contributed by atoms with van der Waals surface area (Å²) < 4.78 is 0. The monoisotopic (exact) mass is 1810 g/mol. The summed E-state index contributed by atoms with van der Waals surface area (Å²) in [7, 11) is -6.95. The van der Waals surface area contributed by atoms with Crippen LogP contribution in [0.25, 0.3) is 75.4 Å². The van der Waals surface area contributed by atoms with E-state index in [1.165, 1.54) is 12.1 Å². The van der Waals surface area contributed by atoms with Gasteiger partial charge in [-0.1, -0.05) is 279 Å². The summed E-state index contributed by atoms with van der Waals surface area (Å²) >= 11 is 0. The molecule has 0 fully saturated rings. The second-order valence-electron chi connectivity index (χ2n) is 38.3. The maximum absolute atomic E-state index is 10.3. The molecule has 0 radical (unpaired) electrons. The van der Waals surface area contributed by atoms with E-state index in [2.05, 4.69) is 20.8 Å². The summed E-state index contributed by atoms with van der Waals surface area (Å²) in [6.45, 7) is 42.2. The normalized spacial score (nSPS) is 12.4. The van der Waals surface area contributed by atoms with Gasteiger partial charge in [0.15, 0.2) is 120 Å². The molecule has 0 amide bonds. The number of phenolic OH excluding ortho intramolecular Hbond substituents is 21. The van der Waals surface area contributed by atoms with Gasteiger partial charge in [0, 0.05) is 74.8 Å². The van der Waals surface area contributed by atoms with Crippen molar-refractivity contribution >= 4 is 135 Å². The lowest BCUT2D eigenvalue weighted by Crippen LogP contribution is -2.21. The van der Waals surface area contributed by atoms with Crippen molar-refractivity contribution in [1.82, 2.24) is 0 Å². The fourth-order valence-electron chi connectivity index (χ4n) is 15.6. The maximum atomic E-state index is 10.3. The van der Waals surface area contributed by atoms with Crippen LogP contribution in [0.2, 0.25) is 0 Å². The fraction of sp³-hybridized carbons (Fsp3) is 0.286. The van der Waals surface area contributed by atoms with Crippen LogP contribution < -0.4 is 20.7 Å². The van der Waals surface area contributed by atoms with Crippen molar-refractivity contribution in [3.63, 3.8) is 0 Å². The maximum Gasteiger partial charge on any atom is 0.201 e. The van der Waals surface area contributed by atoms with Crippen LogP contribution in [-0.4, -0.2) is 165 Å². The highest BCUT2D eigenvalue weighted by Crippen LogP contribution is 2.53. The molecule has 0 aliphatic heterocycles. The van der Waals surface area contributed by atoms with Gasteiger partial charge in [-0.3, -0.25) is 0 Å². The molecule has 0 bridgehead atoms. The van der Waals surface area contributed by atoms with Crippen molar-refractivity contribution < 1.29 is 126 Å². The highest BCUT2D eigenvalue weighted by molar-refractivity contribution is 6.53. The molecule has 0 aromatic heterocycles. The van der Waals surface area contributed by atoms with Crippen LogP contribution in [0.4, 0.5) is 0 Å². The number of phenols is 21. The van der Waals surface area contributed by atoms with Gasteiger partial charge in [0.1, 0.15) is 11.5 Å². The van der Waals surface area contributed by atoms with Crippen LogP contribution in [0.15, 0.2) is 146 Å². The van der Waals surface area contributed by atoms with Crippen molar-refractivity contribution in [2.24, 2.45) is 0 Å². The van der Waals surface area contributed by atoms with Gasteiger partial charge in [0.25, 0.3) is 0 Å². The predicted molar refractivity (Wildman–Crippen MR) is 515 cm³/mol. The van der Waals surface area contributed by atoms with Crippen LogP contribution in [0.5, 0.6) is 121 Å². The Hall–Kier alpha value is -12.6. The van der Waals surface area contributed by atoms with Gasteiger partial charge in [0.05, 0.1) is 0 Å². The smallest absolute Gasteiger partial charge is 0.201 e. The molecule has 0 spiro atoms. The SMILES string of the molecule is CC(C)(C)c1c(O)c(O)c(O)c2ccccc12.CC(C)(C)c1cccc2c(O)c(O)c(O)c([SiH2]O)c12.CC(C)(C)c1cccc2c(O)c(O)c(O)cc12.CC(C)(C)c1cccc2c(O)c(O)c([SiH2]O)c(O)c12.CC(C)(C)c1cccc2c(O)c([SiH2]O)c(O)c(O)c12.CC(C)(C)c1cccc2c([SiH2]O)c(O)c(O)c(O)c12.CC(C)(C)c1cccc2cc(O)c(O)c(O)c12. The summed E-state index contributed by atoms with van der Waals surface area (Å²) in [4.78, 5) is 37.8. The van der Waals surface area contributed by atoms with Gasteiger partial charge < -0.3 is 126 Å². The summed E-state index contributed by atoms with van der Waals surface area (Å²) in [6.07, 6.45) is 0. The van der Waals surface area contributed by atoms with Crippen molar-refractivity contribution in [3.05, 3.63) is 185 Å². The molecule has 127 heavy (non-hydrogen) atoms. The number of fused-ring (bicyclic) bond motifs is 7. The molecule has 0 atom stereocenters. The lowest BCUT2D eigenvalue weighted by molar-refractivity contribution is 0.363. The third-order valence-corrected chi connectivity index (χ3v) is 26.0. The van der Waals surface area contributed by atoms with E-state index in [4.69, 9.17) is 0 Å². The molecular formula is C98H120O25Si4. The molecule has 0 saturated heterocycles. The lowest BCUT2D eigenvalue weighted by Gasteiger charge is -2.23. The van der Waals surface area contributed by atoms with Gasteiger partial charge >= 0.3 is 0 Å². The molecule has 678 valence electrons. The highest BCUT2D eigenvalue weighted by Gasteiger charge is 2.33. The van der Waals surface area contributed by atoms with E-state index in [1.54, 1.807) is 66.7 Å². The zero-order valence-electron chi connectivity index (χ0n) is 75.4. The molecule has 0 aliphatic carbocycles. The third kappa shape index (κ3) is 20.1. The Morgan fingerprint density at radius 1 is 0.173 bits per heavy atom. The molecule has 29 heteroatoms. The van der Waals surface area contributed by atoms with Gasteiger partial charge in [-0.25, -0.2) is 0 Å². The molecule has 0 saturated carbocycles. The van der Waals surface area contributed by atoms with Crippen LogP contribution in [-0.2, 0) is 37.9 Å². The average Bonchev–Trinajstić information content (AvgIpc) is 0.768. The van der Waals surface area contributed by atoms with E-state index >= 15 is 0 Å². The quantitative estimate of drug-likeness (QED) is 0.0442. The Bertz CT molecular complexity index is 6470. The average molecular weight is 1810 g/mol. The van der Waals surface area contributed by atoms with E-state index < -0.39 is 90.8 Å². The Morgan fingerprint density at radius 3 is 0.890 bits per heavy atom. The second kappa shape index (κ2) is 37.5. The van der Waals surface area contributed by atoms with Gasteiger partial charge in [0.2, 0.25) is 28.7 Å². The molecule has 25 N–H and O–H groups in total. The lowest BCUT2D eigenvalue weighted by atomic mass is 9.82. The topological polar surface area (TPSA) is 506 Å². The molecule has 14 aromatic carbocycles. The zero-order valence-corrected chi connectivity index (χ0v) is 81.0. The van der Waals surface area contributed by atoms with Crippen LogP contribution >= 0.6 is 0 Å². The largest absolute Gasteiger partial charge is 0.507 e. The number of hydrogen-bond acceptors (Lipinski definition) is 25. The van der Waals surface area contributed by atoms with Gasteiger partial charge in [-0.15, -0.1) is 0 Å². The molecular weight excluding hydrogens is 1690 g/mol. The van der Waals surface area contributed by atoms with Gasteiger partial charge in [-0.2, -0.15) is 0 Å². The Balaban J connectivity index is 0.000000183. The predicted octanol–water partition coefficient (Wildman–Crippen LogP) is 13.6. The van der Waals surface area contributed by atoms with E-state index in [0.717, 1.165) is 44.2 Å². The van der Waals surface area contributed by atoms with Crippen LogP contribution in [0.3, 0.4) is 0 Å². The minimum Gasteiger partial charge on any atom is -0.507 e. The highest BCUT2D eigenvalue weighted by atomic mass is 28.2. The van der Waals surface area contributed by atoms with Crippen molar-refractivity contribution in [3.8, 4) is 121 Å². The first-order valence-electron chi connectivity index (χ1n) is 40.8. The summed E-state index contributed by atoms with van der Waals surface area (Å²) in [5, 5.41) is 216. The first-order valence-corrected chi connectivity index (χ1v) is 46.2. The Kier molecular flexibility index (Phi) is 29.5. The molecule has 0 unspecified atom stereocenters. The van der Waals surface area contributed by atoms with E-state index in [1.807, 2.05) is 191 Å². The first-order chi connectivity index (χ1) is 58.6. The van der Waals surface area contributed by atoms with Crippen molar-refractivity contribution in [1.29, 1.82) is 0 Å². The van der Waals surface area contributed by atoms with E-state index in [0.29, 0.717) is 80.6 Å². The number of hydrogen-bond donors (Lipinski definition) is 25. The summed E-state index contributed by atoms with van der Waals surface area (Å²) in [5.74, 6) is -7.26. The van der Waals surface area contributed by atoms with Crippen molar-refractivity contribution in [2.45, 2.75) is 183 Å². The third-order valence-electron chi connectivity index (χ3n) is 22.0. The molecule has 14 rings (SSSR count). The standard InChI is InChI=1S/4C14H18O4Si.3C14H16O3/c1-14(2,3)8-6-4-5-7-9(8)10(15)11(16)12(17)13(7)19-18;1-14(2,3)8-6-4-5-7-9(8)13(19-18)12(17)11(16)10(7)15;1-14(2,3)8-6-4-5-7-9(8)11(16)12(17)13(19-18)10(7)15;1-14(2,3)8-6-4-5-7-9(8)11(16)13(19-18)12(17)10(7)15;1-14(2,3)10-6-4-5-8-9(10)7-11(15)13(17)12(8)16;1-14(2,3)9-6-4-5-8-7-10(15)12(16)13(17)11(8)9;1-14(2,3)10-8-6-4-5-7-9(8)11(15)13(17)12(10)16/h4*4-6,15-18H,19H2,1-3H3;3*4-7,15-17H,1-3H3. The molecule has 25 nitrogen and oxygen atoms in total. The van der Waals surface area contributed by atoms with Crippen LogP contribution in [0.1, 0.15) is 184 Å². The van der Waals surface area contributed by atoms with Crippen molar-refractivity contribution in [2.75, 3.05) is 0 Å². The number of benzene rings is 14. The first kappa shape index (κ1) is 99.8. The minimum atomic E-state index is -1.80. The Morgan fingerprint density at radius 2 is 0.441 bits per heavy atom. The molecule has 0 aliphatic rings. The van der Waals surface area contributed by atoms with E-state index in [9.17, 15) is 126 Å². The summed E-state index contributed by atoms with van der Waals surface area (Å²) in [6, 6.07) is 42.6. The summed E-state index contributed by atoms with van der Waals surface area (Å²) in [5.41, 5.74) is 4.59.